The van der Waals surface area contributed by atoms with Crippen molar-refractivity contribution in [3.8, 4) is 0 Å². The van der Waals surface area contributed by atoms with Crippen molar-refractivity contribution >= 4 is 27.9 Å². The van der Waals surface area contributed by atoms with Gasteiger partial charge in [0.25, 0.3) is 5.56 Å². The van der Waals surface area contributed by atoms with Crippen LogP contribution in [0.5, 0.6) is 0 Å². The molecule has 0 spiro atoms. The number of ether oxygens (including phenoxy) is 1. The number of hydrogen-bond acceptors (Lipinski definition) is 7. The summed E-state index contributed by atoms with van der Waals surface area (Å²) < 4.78 is 8.38. The van der Waals surface area contributed by atoms with Gasteiger partial charge in [0.05, 0.1) is 11.4 Å². The highest BCUT2D eigenvalue weighted by molar-refractivity contribution is 7.15. The van der Waals surface area contributed by atoms with E-state index >= 15 is 0 Å². The Hall–Kier alpha value is -3.07. The largest absolute Gasteiger partial charge is 0.455 e. The lowest BCUT2D eigenvalue weighted by atomic mass is 10.2. The molecule has 126 valence electrons. The molecule has 0 aromatic carbocycles. The third-order valence-electron chi connectivity index (χ3n) is 3.75. The van der Waals surface area contributed by atoms with Crippen LogP contribution in [-0.4, -0.2) is 30.0 Å². The smallest absolute Gasteiger partial charge is 0.344 e. The fraction of sp³-hybridized carbons (Fsp3) is 0.188. The second-order valence-electron chi connectivity index (χ2n) is 5.51. The molecule has 4 aromatic heterocycles. The zero-order valence-electron chi connectivity index (χ0n) is 13.5. The van der Waals surface area contributed by atoms with Crippen molar-refractivity contribution in [3.63, 3.8) is 0 Å². The van der Waals surface area contributed by atoms with Crippen LogP contribution in [-0.2, 0) is 11.3 Å². The minimum absolute atomic E-state index is 0.0921. The summed E-state index contributed by atoms with van der Waals surface area (Å²) in [7, 11) is 0. The molecule has 0 aliphatic rings. The molecule has 0 saturated heterocycles. The number of hydrogen-bond donors (Lipinski definition) is 0. The Labute approximate surface area is 145 Å². The van der Waals surface area contributed by atoms with Gasteiger partial charge in [-0.05, 0) is 19.9 Å². The summed E-state index contributed by atoms with van der Waals surface area (Å²) in [6.45, 7) is 3.47. The summed E-state index contributed by atoms with van der Waals surface area (Å²) >= 11 is 1.37. The first-order valence-electron chi connectivity index (χ1n) is 7.48. The summed E-state index contributed by atoms with van der Waals surface area (Å²) in [4.78, 5) is 33.7. The molecular weight excluding hydrogens is 342 g/mol. The number of fused-ring (bicyclic) bond motifs is 2. The van der Waals surface area contributed by atoms with Gasteiger partial charge in [0.1, 0.15) is 12.2 Å². The predicted octanol–water partition coefficient (Wildman–Crippen LogP) is 1.77. The molecule has 4 aromatic rings. The third-order valence-corrected chi connectivity index (χ3v) is 4.70. The van der Waals surface area contributed by atoms with Crippen molar-refractivity contribution in [3.05, 3.63) is 62.9 Å². The Kier molecular flexibility index (Phi) is 3.57. The number of thiazole rings is 1. The fourth-order valence-corrected chi connectivity index (χ4v) is 3.51. The zero-order chi connectivity index (χ0) is 17.6. The van der Waals surface area contributed by atoms with E-state index < -0.39 is 5.97 Å². The van der Waals surface area contributed by atoms with Gasteiger partial charge in [-0.1, -0.05) is 0 Å². The predicted molar refractivity (Wildman–Crippen MR) is 90.9 cm³/mol. The van der Waals surface area contributed by atoms with Gasteiger partial charge in [-0.2, -0.15) is 5.10 Å². The van der Waals surface area contributed by atoms with E-state index in [1.807, 2.05) is 12.3 Å². The van der Waals surface area contributed by atoms with Gasteiger partial charge < -0.3 is 4.74 Å². The average molecular weight is 355 g/mol. The van der Waals surface area contributed by atoms with Crippen LogP contribution in [0.25, 0.3) is 10.6 Å². The van der Waals surface area contributed by atoms with E-state index in [4.69, 9.17) is 4.74 Å². The first-order chi connectivity index (χ1) is 12.0. The molecule has 9 heteroatoms. The maximum atomic E-state index is 12.4. The van der Waals surface area contributed by atoms with Gasteiger partial charge in [0.2, 0.25) is 0 Å². The quantitative estimate of drug-likeness (QED) is 0.520. The Morgan fingerprint density at radius 2 is 2.20 bits per heavy atom. The van der Waals surface area contributed by atoms with Gasteiger partial charge in [-0.3, -0.25) is 9.20 Å². The van der Waals surface area contributed by atoms with Crippen molar-refractivity contribution in [1.29, 1.82) is 0 Å². The molecule has 4 heterocycles. The maximum absolute atomic E-state index is 12.4. The lowest BCUT2D eigenvalue weighted by Crippen LogP contribution is -2.16. The van der Waals surface area contributed by atoms with Gasteiger partial charge >= 0.3 is 5.97 Å². The molecule has 0 unspecified atom stereocenters. The van der Waals surface area contributed by atoms with E-state index in [1.165, 1.54) is 26.3 Å². The molecule has 0 fully saturated rings. The SMILES string of the molecule is Cc1nn2cccnc2c1C(=O)OCc1cc(=O)n2c(C)csc2n1. The molecule has 0 radical (unpaired) electrons. The van der Waals surface area contributed by atoms with E-state index in [0.29, 0.717) is 27.6 Å². The molecular formula is C16H13N5O3S. The molecule has 0 N–H and O–H groups in total. The number of nitrogens with zero attached hydrogens (tertiary/aromatic N) is 5. The Morgan fingerprint density at radius 3 is 3.04 bits per heavy atom. The summed E-state index contributed by atoms with van der Waals surface area (Å²) in [6.07, 6.45) is 3.30. The number of aromatic nitrogens is 5. The van der Waals surface area contributed by atoms with Crippen LogP contribution in [0.4, 0.5) is 0 Å². The number of carbonyl (C=O) groups excluding carboxylic acids is 1. The zero-order valence-corrected chi connectivity index (χ0v) is 14.3. The standard InChI is InChI=1S/C16H13N5O3S/c1-9-8-25-16-18-11(6-12(22)21(9)16)7-24-15(23)13-10(2)19-20-5-3-4-17-14(13)20/h3-6,8H,7H2,1-2H3. The number of esters is 1. The second-order valence-corrected chi connectivity index (χ2v) is 6.34. The van der Waals surface area contributed by atoms with Crippen LogP contribution in [0.15, 0.2) is 34.7 Å². The van der Waals surface area contributed by atoms with Crippen LogP contribution < -0.4 is 5.56 Å². The molecule has 0 aliphatic carbocycles. The van der Waals surface area contributed by atoms with Crippen molar-refractivity contribution < 1.29 is 9.53 Å². The molecule has 25 heavy (non-hydrogen) atoms. The number of rotatable bonds is 3. The highest BCUT2D eigenvalue weighted by Crippen LogP contribution is 2.16. The summed E-state index contributed by atoms with van der Waals surface area (Å²) in [5, 5.41) is 6.09. The van der Waals surface area contributed by atoms with Gasteiger partial charge in [-0.15, -0.1) is 11.3 Å². The monoisotopic (exact) mass is 355 g/mol. The van der Waals surface area contributed by atoms with Crippen LogP contribution >= 0.6 is 11.3 Å². The van der Waals surface area contributed by atoms with Gasteiger partial charge in [0, 0.05) is 29.5 Å². The van der Waals surface area contributed by atoms with E-state index in [0.717, 1.165) is 5.69 Å². The molecule has 0 aliphatic heterocycles. The van der Waals surface area contributed by atoms with Crippen molar-refractivity contribution in [2.75, 3.05) is 0 Å². The average Bonchev–Trinajstić information content (AvgIpc) is 3.12. The van der Waals surface area contributed by atoms with Crippen LogP contribution in [0.2, 0.25) is 0 Å². The highest BCUT2D eigenvalue weighted by atomic mass is 32.1. The Bertz CT molecular complexity index is 1170. The summed E-state index contributed by atoms with van der Waals surface area (Å²) in [6, 6.07) is 3.10. The Balaban J connectivity index is 1.61. The van der Waals surface area contributed by atoms with Crippen molar-refractivity contribution in [1.82, 2.24) is 24.0 Å². The van der Waals surface area contributed by atoms with Crippen LogP contribution in [0, 0.1) is 13.8 Å². The highest BCUT2D eigenvalue weighted by Gasteiger charge is 2.20. The normalized spacial score (nSPS) is 11.3. The maximum Gasteiger partial charge on any atom is 0.344 e. The van der Waals surface area contributed by atoms with Gasteiger partial charge in [-0.25, -0.2) is 19.3 Å². The minimum Gasteiger partial charge on any atom is -0.455 e. The Morgan fingerprint density at radius 1 is 1.36 bits per heavy atom. The lowest BCUT2D eigenvalue weighted by Gasteiger charge is -2.04. The minimum atomic E-state index is -0.546. The topological polar surface area (TPSA) is 90.9 Å². The molecule has 0 saturated carbocycles. The third kappa shape index (κ3) is 2.58. The van der Waals surface area contributed by atoms with Crippen molar-refractivity contribution in [2.45, 2.75) is 20.5 Å². The number of aryl methyl sites for hydroxylation is 2. The lowest BCUT2D eigenvalue weighted by molar-refractivity contribution is 0.0469. The fourth-order valence-electron chi connectivity index (χ4n) is 2.62. The van der Waals surface area contributed by atoms with E-state index in [2.05, 4.69) is 15.1 Å². The van der Waals surface area contributed by atoms with Crippen molar-refractivity contribution in [2.24, 2.45) is 0 Å². The number of carbonyl (C=O) groups is 1. The first kappa shape index (κ1) is 15.5. The molecule has 0 bridgehead atoms. The summed E-state index contributed by atoms with van der Waals surface area (Å²) in [5.41, 5.74) is 2.31. The molecule has 8 nitrogen and oxygen atoms in total. The first-order valence-corrected chi connectivity index (χ1v) is 8.36. The van der Waals surface area contributed by atoms with E-state index in [1.54, 1.807) is 25.4 Å². The molecule has 0 atom stereocenters. The second kappa shape index (κ2) is 5.78. The van der Waals surface area contributed by atoms with Crippen LogP contribution in [0.3, 0.4) is 0 Å². The molecule has 0 amide bonds. The van der Waals surface area contributed by atoms with Crippen LogP contribution in [0.1, 0.15) is 27.4 Å². The van der Waals surface area contributed by atoms with Gasteiger partial charge in [0.15, 0.2) is 10.6 Å². The molecule has 4 rings (SSSR count). The van der Waals surface area contributed by atoms with E-state index in [9.17, 15) is 9.59 Å². The van der Waals surface area contributed by atoms with E-state index in [-0.39, 0.29) is 12.2 Å². The summed E-state index contributed by atoms with van der Waals surface area (Å²) in [5.74, 6) is -0.546.